The molecule has 5 heteroatoms. The molecule has 0 unspecified atom stereocenters. The van der Waals surface area contributed by atoms with Crippen LogP contribution in [0.5, 0.6) is 0 Å². The van der Waals surface area contributed by atoms with Crippen LogP contribution in [-0.2, 0) is 23.3 Å². The number of nitrogens with zero attached hydrogens (tertiary/aromatic N) is 4. The quantitative estimate of drug-likeness (QED) is 0.820. The molecule has 148 valence electrons. The fourth-order valence-corrected chi connectivity index (χ4v) is 4.77. The summed E-state index contributed by atoms with van der Waals surface area (Å²) < 4.78 is 0. The molecule has 0 radical (unpaired) electrons. The maximum Gasteiger partial charge on any atom is 0.236 e. The molecule has 1 fully saturated rings. The lowest BCUT2D eigenvalue weighted by Gasteiger charge is -2.51. The molecule has 1 aromatic heterocycles. The minimum atomic E-state index is 0.133. The fraction of sp³-hybridized carbons (Fsp3) is 0.478. The number of pyridine rings is 1. The van der Waals surface area contributed by atoms with Crippen LogP contribution >= 0.6 is 0 Å². The molecule has 3 heterocycles. The third-order valence-electron chi connectivity index (χ3n) is 6.56. The van der Waals surface area contributed by atoms with Gasteiger partial charge in [-0.2, -0.15) is 0 Å². The normalized spacial score (nSPS) is 19.4. The van der Waals surface area contributed by atoms with E-state index in [0.29, 0.717) is 13.1 Å². The van der Waals surface area contributed by atoms with Crippen LogP contribution in [0.25, 0.3) is 0 Å². The Balaban J connectivity index is 1.37. The minimum Gasteiger partial charge on any atom is -0.339 e. The predicted octanol–water partition coefficient (Wildman–Crippen LogP) is 2.52. The van der Waals surface area contributed by atoms with Gasteiger partial charge in [-0.05, 0) is 49.6 Å². The largest absolute Gasteiger partial charge is 0.339 e. The van der Waals surface area contributed by atoms with Crippen LogP contribution in [0.4, 0.5) is 0 Å². The minimum absolute atomic E-state index is 0.133. The standard InChI is InChI=1S/C23H30N4O/c1-25(17-20-8-5-6-13-24-20)22(28)18-27-15-11-23(12-16-27)21-9-4-3-7-19(21)10-14-26(23)2/h3-9,13H,10-12,14-18H2,1-2H3. The zero-order chi connectivity index (χ0) is 19.6. The first-order valence-electron chi connectivity index (χ1n) is 10.2. The van der Waals surface area contributed by atoms with E-state index in [1.54, 1.807) is 11.1 Å². The summed E-state index contributed by atoms with van der Waals surface area (Å²) in [6.07, 6.45) is 5.07. The van der Waals surface area contributed by atoms with Gasteiger partial charge in [-0.15, -0.1) is 0 Å². The van der Waals surface area contributed by atoms with Gasteiger partial charge in [0.1, 0.15) is 0 Å². The van der Waals surface area contributed by atoms with Gasteiger partial charge in [-0.1, -0.05) is 30.3 Å². The number of amides is 1. The lowest BCUT2D eigenvalue weighted by Crippen LogP contribution is -2.55. The molecule has 28 heavy (non-hydrogen) atoms. The van der Waals surface area contributed by atoms with E-state index in [0.717, 1.165) is 44.6 Å². The van der Waals surface area contributed by atoms with Crippen molar-refractivity contribution in [3.63, 3.8) is 0 Å². The number of benzene rings is 1. The number of likely N-dealkylation sites (N-methyl/N-ethyl adjacent to an activating group) is 2. The zero-order valence-electron chi connectivity index (χ0n) is 17.0. The predicted molar refractivity (Wildman–Crippen MR) is 111 cm³/mol. The summed E-state index contributed by atoms with van der Waals surface area (Å²) in [6.45, 7) is 4.09. The monoisotopic (exact) mass is 378 g/mol. The van der Waals surface area contributed by atoms with Crippen molar-refractivity contribution in [1.29, 1.82) is 0 Å². The van der Waals surface area contributed by atoms with Crippen molar-refractivity contribution in [2.45, 2.75) is 31.3 Å². The van der Waals surface area contributed by atoms with Crippen molar-refractivity contribution in [2.24, 2.45) is 0 Å². The molecule has 1 amide bonds. The SMILES string of the molecule is CN(Cc1ccccn1)C(=O)CN1CCC2(CC1)c1ccccc1CCN2C. The van der Waals surface area contributed by atoms with Crippen molar-refractivity contribution < 1.29 is 4.79 Å². The number of carbonyl (C=O) groups is 1. The highest BCUT2D eigenvalue weighted by atomic mass is 16.2. The molecule has 0 saturated carbocycles. The van der Waals surface area contributed by atoms with E-state index in [9.17, 15) is 4.79 Å². The lowest BCUT2D eigenvalue weighted by molar-refractivity contribution is -0.132. The van der Waals surface area contributed by atoms with E-state index in [2.05, 4.69) is 46.1 Å². The number of fused-ring (bicyclic) bond motifs is 2. The van der Waals surface area contributed by atoms with Crippen molar-refractivity contribution in [3.8, 4) is 0 Å². The van der Waals surface area contributed by atoms with Gasteiger partial charge in [-0.3, -0.25) is 19.6 Å². The molecule has 1 saturated heterocycles. The van der Waals surface area contributed by atoms with Crippen LogP contribution in [0.1, 0.15) is 29.7 Å². The number of hydrogen-bond acceptors (Lipinski definition) is 4. The average molecular weight is 379 g/mol. The zero-order valence-corrected chi connectivity index (χ0v) is 17.0. The van der Waals surface area contributed by atoms with Crippen LogP contribution in [-0.4, -0.2) is 65.9 Å². The van der Waals surface area contributed by atoms with E-state index in [1.807, 2.05) is 25.2 Å². The molecule has 0 bridgehead atoms. The molecule has 2 aliphatic rings. The van der Waals surface area contributed by atoms with Gasteiger partial charge < -0.3 is 4.90 Å². The van der Waals surface area contributed by atoms with E-state index in [4.69, 9.17) is 0 Å². The number of piperidine rings is 1. The highest BCUT2D eigenvalue weighted by Gasteiger charge is 2.43. The molecule has 4 rings (SSSR count). The lowest BCUT2D eigenvalue weighted by atomic mass is 9.74. The highest BCUT2D eigenvalue weighted by Crippen LogP contribution is 2.42. The van der Waals surface area contributed by atoms with Gasteiger partial charge >= 0.3 is 0 Å². The van der Waals surface area contributed by atoms with Crippen LogP contribution in [0.3, 0.4) is 0 Å². The summed E-state index contributed by atoms with van der Waals surface area (Å²) >= 11 is 0. The number of rotatable bonds is 4. The third-order valence-corrected chi connectivity index (χ3v) is 6.56. The summed E-state index contributed by atoms with van der Waals surface area (Å²) in [4.78, 5) is 23.7. The smallest absolute Gasteiger partial charge is 0.236 e. The Morgan fingerprint density at radius 1 is 1.11 bits per heavy atom. The topological polar surface area (TPSA) is 39.7 Å². The number of aromatic nitrogens is 1. The van der Waals surface area contributed by atoms with Crippen molar-refractivity contribution in [3.05, 3.63) is 65.5 Å². The Labute approximate surface area is 168 Å². The van der Waals surface area contributed by atoms with Crippen molar-refractivity contribution in [1.82, 2.24) is 19.7 Å². The van der Waals surface area contributed by atoms with E-state index >= 15 is 0 Å². The summed E-state index contributed by atoms with van der Waals surface area (Å²) in [7, 11) is 4.13. The molecule has 0 N–H and O–H groups in total. The van der Waals surface area contributed by atoms with Crippen LogP contribution in [0.15, 0.2) is 48.7 Å². The molecule has 1 spiro atoms. The molecule has 5 nitrogen and oxygen atoms in total. The Morgan fingerprint density at radius 3 is 2.61 bits per heavy atom. The van der Waals surface area contributed by atoms with Gasteiger partial charge in [0.2, 0.25) is 5.91 Å². The number of carbonyl (C=O) groups excluding carboxylic acids is 1. The Hall–Kier alpha value is -2.24. The maximum atomic E-state index is 12.7. The summed E-state index contributed by atoms with van der Waals surface area (Å²) in [6, 6.07) is 14.7. The summed E-state index contributed by atoms with van der Waals surface area (Å²) in [5, 5.41) is 0. The van der Waals surface area contributed by atoms with Crippen molar-refractivity contribution >= 4 is 5.91 Å². The number of hydrogen-bond donors (Lipinski definition) is 0. The summed E-state index contributed by atoms with van der Waals surface area (Å²) in [5.74, 6) is 0.166. The Bertz CT molecular complexity index is 814. The molecule has 0 aliphatic carbocycles. The van der Waals surface area contributed by atoms with Gasteiger partial charge in [0, 0.05) is 38.4 Å². The second kappa shape index (κ2) is 8.02. The third kappa shape index (κ3) is 3.69. The van der Waals surface area contributed by atoms with Crippen LogP contribution in [0.2, 0.25) is 0 Å². The molecule has 1 aromatic carbocycles. The first-order chi connectivity index (χ1) is 13.6. The van der Waals surface area contributed by atoms with Gasteiger partial charge in [0.25, 0.3) is 0 Å². The fourth-order valence-electron chi connectivity index (χ4n) is 4.77. The van der Waals surface area contributed by atoms with Gasteiger partial charge in [-0.25, -0.2) is 0 Å². The Morgan fingerprint density at radius 2 is 1.86 bits per heavy atom. The average Bonchev–Trinajstić information content (AvgIpc) is 2.73. The van der Waals surface area contributed by atoms with E-state index in [1.165, 1.54) is 11.1 Å². The first kappa shape index (κ1) is 19.1. The van der Waals surface area contributed by atoms with E-state index in [-0.39, 0.29) is 11.4 Å². The molecular formula is C23H30N4O. The Kier molecular flexibility index (Phi) is 5.47. The molecule has 2 aliphatic heterocycles. The first-order valence-corrected chi connectivity index (χ1v) is 10.2. The molecular weight excluding hydrogens is 348 g/mol. The van der Waals surface area contributed by atoms with Crippen LogP contribution in [0, 0.1) is 0 Å². The maximum absolute atomic E-state index is 12.7. The summed E-state index contributed by atoms with van der Waals surface area (Å²) in [5.41, 5.74) is 4.06. The molecule has 0 atom stereocenters. The number of likely N-dealkylation sites (tertiary alicyclic amines) is 1. The second-order valence-corrected chi connectivity index (χ2v) is 8.21. The van der Waals surface area contributed by atoms with Gasteiger partial charge in [0.05, 0.1) is 18.8 Å². The van der Waals surface area contributed by atoms with Crippen molar-refractivity contribution in [2.75, 3.05) is 40.3 Å². The van der Waals surface area contributed by atoms with Gasteiger partial charge in [0.15, 0.2) is 0 Å². The van der Waals surface area contributed by atoms with E-state index < -0.39 is 0 Å². The molecule has 2 aromatic rings. The highest BCUT2D eigenvalue weighted by molar-refractivity contribution is 5.78. The van der Waals surface area contributed by atoms with Crippen LogP contribution < -0.4 is 0 Å². The second-order valence-electron chi connectivity index (χ2n) is 8.21.